The number of aliphatic carboxylic acids is 1. The van der Waals surface area contributed by atoms with E-state index in [0.29, 0.717) is 5.56 Å². The molecule has 0 radical (unpaired) electrons. The van der Waals surface area contributed by atoms with Crippen LogP contribution in [0.15, 0.2) is 44.6 Å². The zero-order chi connectivity index (χ0) is 14.0. The summed E-state index contributed by atoms with van der Waals surface area (Å²) in [5, 5.41) is 3.94. The number of carboxylic acid groups (broad SMARTS) is 1. The van der Waals surface area contributed by atoms with Gasteiger partial charge in [-0.25, -0.2) is 9.78 Å². The largest absolute Gasteiger partial charge is 0.476 e. The smallest absolute Gasteiger partial charge is 0.397 e. The Hall–Kier alpha value is -1.41. The highest BCUT2D eigenvalue weighted by Gasteiger charge is 2.42. The first-order valence-corrected chi connectivity index (χ1v) is 6.51. The van der Waals surface area contributed by atoms with Crippen LogP contribution in [-0.4, -0.2) is 21.3 Å². The third-order valence-corrected chi connectivity index (χ3v) is 3.40. The molecule has 1 aromatic carbocycles. The highest BCUT2D eigenvalue weighted by Crippen LogP contribution is 2.37. The van der Waals surface area contributed by atoms with E-state index in [1.54, 1.807) is 24.3 Å². The van der Waals surface area contributed by atoms with Crippen molar-refractivity contribution in [2.45, 2.75) is 10.5 Å². The molecule has 0 fully saturated rings. The fourth-order valence-corrected chi connectivity index (χ4v) is 2.01. The lowest BCUT2D eigenvalue weighted by Crippen LogP contribution is -2.23. The molecule has 0 spiro atoms. The monoisotopic (exact) mass is 349 g/mol. The van der Waals surface area contributed by atoms with Crippen LogP contribution in [-0.2, 0) is 4.79 Å². The van der Waals surface area contributed by atoms with Gasteiger partial charge in [0, 0.05) is 21.8 Å². The molecule has 0 amide bonds. The number of hydrogen-bond donors (Lipinski definition) is 1. The van der Waals surface area contributed by atoms with Crippen LogP contribution in [0.3, 0.4) is 0 Å². The number of halogens is 3. The summed E-state index contributed by atoms with van der Waals surface area (Å²) in [5.41, 5.74) is 0.654. The fraction of sp³-hybridized carbons (Fsp3) is 0.0909. The van der Waals surface area contributed by atoms with Gasteiger partial charge in [0.05, 0.1) is 6.20 Å². The molecule has 0 bridgehead atoms. The number of carbonyl (C=O) groups is 1. The molecule has 0 aliphatic heterocycles. The van der Waals surface area contributed by atoms with Crippen molar-refractivity contribution >= 4 is 33.7 Å². The average molecular weight is 350 g/mol. The normalized spacial score (nSPS) is 11.5. The lowest BCUT2D eigenvalue weighted by atomic mass is 10.2. The number of alkyl halides is 2. The minimum Gasteiger partial charge on any atom is -0.476 e. The first-order chi connectivity index (χ1) is 8.88. The molecule has 1 aromatic heterocycles. The third kappa shape index (κ3) is 3.32. The fourth-order valence-electron chi connectivity index (χ4n) is 1.21. The molecule has 2 rings (SSSR count). The highest BCUT2D eigenvalue weighted by atomic mass is 79.9. The summed E-state index contributed by atoms with van der Waals surface area (Å²) >= 11 is 3.02. The van der Waals surface area contributed by atoms with Crippen LogP contribution in [0.4, 0.5) is 8.78 Å². The maximum atomic E-state index is 13.0. The number of rotatable bonds is 4. The zero-order valence-corrected chi connectivity index (χ0v) is 11.5. The predicted octanol–water partition coefficient (Wildman–Crippen LogP) is 3.87. The Kier molecular flexibility index (Phi) is 3.91. The molecular formula is C11H6BrF2NO3S. The first kappa shape index (κ1) is 14.0. The Balaban J connectivity index is 2.20. The number of oxazole rings is 1. The van der Waals surface area contributed by atoms with Gasteiger partial charge in [-0.05, 0) is 12.1 Å². The molecule has 0 atom stereocenters. The summed E-state index contributed by atoms with van der Waals surface area (Å²) < 4.78 is 31.9. The summed E-state index contributed by atoms with van der Waals surface area (Å²) in [6, 6.07) is 6.95. The van der Waals surface area contributed by atoms with E-state index in [2.05, 4.69) is 20.9 Å². The van der Waals surface area contributed by atoms with Crippen LogP contribution in [0, 0.1) is 0 Å². The average Bonchev–Trinajstić information content (AvgIpc) is 2.77. The molecule has 0 aliphatic carbocycles. The molecule has 1 N–H and O–H groups in total. The van der Waals surface area contributed by atoms with Gasteiger partial charge in [-0.3, -0.25) is 0 Å². The third-order valence-electron chi connectivity index (χ3n) is 2.08. The van der Waals surface area contributed by atoms with Gasteiger partial charge in [0.1, 0.15) is 0 Å². The summed E-state index contributed by atoms with van der Waals surface area (Å²) in [6.45, 7) is 0. The lowest BCUT2D eigenvalue weighted by molar-refractivity contribution is -0.153. The molecule has 19 heavy (non-hydrogen) atoms. The van der Waals surface area contributed by atoms with Crippen molar-refractivity contribution < 1.29 is 23.1 Å². The van der Waals surface area contributed by atoms with Crippen LogP contribution in [0.5, 0.6) is 0 Å². The van der Waals surface area contributed by atoms with Crippen LogP contribution >= 0.6 is 27.7 Å². The van der Waals surface area contributed by atoms with Gasteiger partial charge in [0.25, 0.3) is 5.22 Å². The Morgan fingerprint density at radius 3 is 2.58 bits per heavy atom. The second-order valence-electron chi connectivity index (χ2n) is 3.42. The molecule has 2 aromatic rings. The van der Waals surface area contributed by atoms with Gasteiger partial charge in [-0.2, -0.15) is 8.78 Å². The quantitative estimate of drug-likeness (QED) is 0.848. The second kappa shape index (κ2) is 5.30. The van der Waals surface area contributed by atoms with Gasteiger partial charge in [0.2, 0.25) is 0 Å². The number of aromatic nitrogens is 1. The zero-order valence-electron chi connectivity index (χ0n) is 9.14. The van der Waals surface area contributed by atoms with Crippen molar-refractivity contribution in [2.24, 2.45) is 0 Å². The molecule has 1 heterocycles. The van der Waals surface area contributed by atoms with Crippen molar-refractivity contribution in [1.29, 1.82) is 0 Å². The molecule has 0 saturated heterocycles. The Morgan fingerprint density at radius 1 is 1.37 bits per heavy atom. The Bertz CT molecular complexity index is 600. The van der Waals surface area contributed by atoms with Crippen LogP contribution in [0.1, 0.15) is 0 Å². The minimum absolute atomic E-state index is 0.247. The number of hydrogen-bond acceptors (Lipinski definition) is 4. The minimum atomic E-state index is -3.97. The van der Waals surface area contributed by atoms with Gasteiger partial charge >= 0.3 is 11.2 Å². The number of nitrogens with zero attached hydrogens (tertiary/aromatic N) is 1. The van der Waals surface area contributed by atoms with E-state index in [-0.39, 0.29) is 17.5 Å². The number of carboxylic acids is 1. The van der Waals surface area contributed by atoms with E-state index in [1.807, 2.05) is 0 Å². The number of benzene rings is 1. The van der Waals surface area contributed by atoms with Crippen molar-refractivity contribution in [2.75, 3.05) is 0 Å². The summed E-state index contributed by atoms with van der Waals surface area (Å²) in [5.74, 6) is -1.95. The Labute approximate surface area is 119 Å². The molecule has 4 nitrogen and oxygen atoms in total. The van der Waals surface area contributed by atoms with Gasteiger partial charge < -0.3 is 9.52 Å². The van der Waals surface area contributed by atoms with E-state index in [0.717, 1.165) is 4.47 Å². The van der Waals surface area contributed by atoms with Gasteiger partial charge in [0.15, 0.2) is 5.76 Å². The summed E-state index contributed by atoms with van der Waals surface area (Å²) in [7, 11) is 0. The first-order valence-electron chi connectivity index (χ1n) is 4.90. The Morgan fingerprint density at radius 2 is 2.00 bits per heavy atom. The highest BCUT2D eigenvalue weighted by molar-refractivity contribution is 9.10. The standard InChI is InChI=1S/C11H6BrF2NO3S/c12-7-3-1-6(2-4-7)8-5-15-10(18-8)19-11(13,14)9(16)17/h1-5H,(H,16,17). The number of thioether (sulfide) groups is 1. The topological polar surface area (TPSA) is 63.3 Å². The molecule has 0 saturated carbocycles. The molecule has 8 heteroatoms. The van der Waals surface area contributed by atoms with Crippen molar-refractivity contribution in [3.8, 4) is 11.3 Å². The van der Waals surface area contributed by atoms with E-state index in [1.165, 1.54) is 6.20 Å². The van der Waals surface area contributed by atoms with Gasteiger partial charge in [-0.15, -0.1) is 0 Å². The summed E-state index contributed by atoms with van der Waals surface area (Å²) in [4.78, 5) is 13.9. The molecule has 0 unspecified atom stereocenters. The van der Waals surface area contributed by atoms with Crippen molar-refractivity contribution in [1.82, 2.24) is 4.98 Å². The van der Waals surface area contributed by atoms with E-state index in [4.69, 9.17) is 9.52 Å². The van der Waals surface area contributed by atoms with E-state index < -0.39 is 16.4 Å². The van der Waals surface area contributed by atoms with Crippen molar-refractivity contribution in [3.05, 3.63) is 34.9 Å². The maximum absolute atomic E-state index is 13.0. The molecular weight excluding hydrogens is 344 g/mol. The SMILES string of the molecule is O=C(O)C(F)(F)Sc1ncc(-c2ccc(Br)cc2)o1. The maximum Gasteiger partial charge on any atom is 0.397 e. The molecule has 100 valence electrons. The molecule has 0 aliphatic rings. The predicted molar refractivity (Wildman–Crippen MR) is 68.1 cm³/mol. The van der Waals surface area contributed by atoms with Crippen LogP contribution in [0.25, 0.3) is 11.3 Å². The lowest BCUT2D eigenvalue weighted by Gasteiger charge is -2.06. The van der Waals surface area contributed by atoms with Crippen LogP contribution in [0.2, 0.25) is 0 Å². The van der Waals surface area contributed by atoms with E-state index >= 15 is 0 Å². The van der Waals surface area contributed by atoms with Crippen molar-refractivity contribution in [3.63, 3.8) is 0 Å². The van der Waals surface area contributed by atoms with Crippen LogP contribution < -0.4 is 0 Å². The van der Waals surface area contributed by atoms with E-state index in [9.17, 15) is 13.6 Å². The summed E-state index contributed by atoms with van der Waals surface area (Å²) in [6.07, 6.45) is 1.27. The van der Waals surface area contributed by atoms with Gasteiger partial charge in [-0.1, -0.05) is 28.1 Å². The second-order valence-corrected chi connectivity index (χ2v) is 5.40.